The number of methoxy groups -OCH3 is 1. The molecule has 0 aliphatic heterocycles. The van der Waals surface area contributed by atoms with E-state index in [0.717, 1.165) is 4.90 Å². The largest absolute Gasteiger partial charge is 0.404 e. The van der Waals surface area contributed by atoms with Crippen LogP contribution in [0.25, 0.3) is 0 Å². The molecule has 0 saturated heterocycles. The summed E-state index contributed by atoms with van der Waals surface area (Å²) >= 11 is 0. The van der Waals surface area contributed by atoms with E-state index in [1.54, 1.807) is 0 Å². The van der Waals surface area contributed by atoms with E-state index in [4.69, 9.17) is 0 Å². The fourth-order valence-corrected chi connectivity index (χ4v) is 1.41. The average molecular weight is 267 g/mol. The normalized spacial score (nSPS) is 15.4. The van der Waals surface area contributed by atoms with Crippen LogP contribution >= 0.6 is 0 Å². The van der Waals surface area contributed by atoms with Gasteiger partial charge in [-0.25, -0.2) is 0 Å². The quantitative estimate of drug-likeness (QED) is 0.686. The Hall–Kier alpha value is -0.500. The van der Waals surface area contributed by atoms with Gasteiger partial charge in [-0.1, -0.05) is 6.92 Å². The molecule has 0 aromatic rings. The van der Waals surface area contributed by atoms with Gasteiger partial charge in [0, 0.05) is 13.7 Å². The predicted molar refractivity (Wildman–Crippen MR) is 49.6 cm³/mol. The predicted octanol–water partition coefficient (Wildman–Crippen LogP) is 2.84. The molecule has 0 fully saturated rings. The van der Waals surface area contributed by atoms with Gasteiger partial charge < -0.3 is 4.74 Å². The Morgan fingerprint density at radius 2 is 1.65 bits per heavy atom. The van der Waals surface area contributed by atoms with Crippen molar-refractivity contribution in [3.05, 3.63) is 0 Å². The molecule has 0 radical (unpaired) electrons. The highest BCUT2D eigenvalue weighted by molar-refractivity contribution is 4.81. The Labute approximate surface area is 95.5 Å². The van der Waals surface area contributed by atoms with Crippen LogP contribution in [0.1, 0.15) is 13.3 Å². The highest BCUT2D eigenvalue weighted by Gasteiger charge is 2.48. The first-order chi connectivity index (χ1) is 7.61. The molecule has 0 bridgehead atoms. The first-order valence-corrected chi connectivity index (χ1v) is 4.98. The van der Waals surface area contributed by atoms with Crippen LogP contribution in [0.5, 0.6) is 0 Å². The van der Waals surface area contributed by atoms with Crippen LogP contribution in [-0.2, 0) is 4.74 Å². The maximum Gasteiger partial charge on any atom is 0.404 e. The highest BCUT2D eigenvalue weighted by atomic mass is 19.4. The van der Waals surface area contributed by atoms with E-state index in [-0.39, 0.29) is 19.7 Å². The van der Waals surface area contributed by atoms with Crippen molar-refractivity contribution in [2.24, 2.45) is 0 Å². The molecule has 104 valence electrons. The van der Waals surface area contributed by atoms with E-state index in [1.165, 1.54) is 14.0 Å². The van der Waals surface area contributed by atoms with Crippen molar-refractivity contribution >= 4 is 0 Å². The standard InChI is InChI=1S/C9H15F6NO/c1-3-16(4-5-17-2)7(9(13,14)15)6-8(10,11)12/h7H,3-6H2,1-2H3. The molecule has 17 heavy (non-hydrogen) atoms. The number of hydrogen-bond acceptors (Lipinski definition) is 2. The third-order valence-corrected chi connectivity index (χ3v) is 2.23. The van der Waals surface area contributed by atoms with E-state index < -0.39 is 24.8 Å². The Bertz CT molecular complexity index is 215. The summed E-state index contributed by atoms with van der Waals surface area (Å²) in [7, 11) is 1.28. The number of rotatable bonds is 6. The summed E-state index contributed by atoms with van der Waals surface area (Å²) in [5, 5.41) is 0. The number of nitrogens with zero attached hydrogens (tertiary/aromatic N) is 1. The summed E-state index contributed by atoms with van der Waals surface area (Å²) in [5.41, 5.74) is 0. The lowest BCUT2D eigenvalue weighted by atomic mass is 10.1. The molecule has 0 amide bonds. The molecule has 0 N–H and O–H groups in total. The summed E-state index contributed by atoms with van der Waals surface area (Å²) < 4.78 is 78.5. The average Bonchev–Trinajstić information content (AvgIpc) is 2.14. The van der Waals surface area contributed by atoms with Gasteiger partial charge in [0.15, 0.2) is 0 Å². The summed E-state index contributed by atoms with van der Waals surface area (Å²) in [5.74, 6) is 0. The number of likely N-dealkylation sites (N-methyl/N-ethyl adjacent to an activating group) is 1. The van der Waals surface area contributed by atoms with Gasteiger partial charge >= 0.3 is 12.4 Å². The fraction of sp³-hybridized carbons (Fsp3) is 1.00. The van der Waals surface area contributed by atoms with Gasteiger partial charge in [-0.05, 0) is 6.54 Å². The van der Waals surface area contributed by atoms with Gasteiger partial charge in [0.05, 0.1) is 13.0 Å². The molecule has 0 aliphatic carbocycles. The van der Waals surface area contributed by atoms with Gasteiger partial charge in [0.2, 0.25) is 0 Å². The van der Waals surface area contributed by atoms with Crippen LogP contribution in [0.2, 0.25) is 0 Å². The molecular weight excluding hydrogens is 252 g/mol. The van der Waals surface area contributed by atoms with Gasteiger partial charge in [0.25, 0.3) is 0 Å². The van der Waals surface area contributed by atoms with Crippen molar-refractivity contribution in [2.45, 2.75) is 31.7 Å². The Balaban J connectivity index is 4.76. The first kappa shape index (κ1) is 16.5. The molecule has 0 spiro atoms. The lowest BCUT2D eigenvalue weighted by Crippen LogP contribution is -2.49. The van der Waals surface area contributed by atoms with Crippen molar-refractivity contribution in [1.82, 2.24) is 4.90 Å². The smallest absolute Gasteiger partial charge is 0.383 e. The van der Waals surface area contributed by atoms with Crippen LogP contribution in [0.15, 0.2) is 0 Å². The van der Waals surface area contributed by atoms with Gasteiger partial charge in [-0.15, -0.1) is 0 Å². The molecule has 1 atom stereocenters. The monoisotopic (exact) mass is 267 g/mol. The van der Waals surface area contributed by atoms with E-state index in [2.05, 4.69) is 4.74 Å². The highest BCUT2D eigenvalue weighted by Crippen LogP contribution is 2.33. The number of halogens is 6. The number of alkyl halides is 6. The zero-order chi connectivity index (χ0) is 13.7. The minimum atomic E-state index is -4.90. The second-order valence-corrected chi connectivity index (χ2v) is 3.50. The van der Waals surface area contributed by atoms with Gasteiger partial charge in [-0.3, -0.25) is 4.90 Å². The molecule has 0 rings (SSSR count). The van der Waals surface area contributed by atoms with Crippen LogP contribution in [0.4, 0.5) is 26.3 Å². The van der Waals surface area contributed by atoms with E-state index >= 15 is 0 Å². The Morgan fingerprint density at radius 1 is 1.12 bits per heavy atom. The molecule has 0 aromatic heterocycles. The van der Waals surface area contributed by atoms with E-state index in [9.17, 15) is 26.3 Å². The SMILES string of the molecule is CCN(CCOC)C(CC(F)(F)F)C(F)(F)F. The minimum Gasteiger partial charge on any atom is -0.383 e. The lowest BCUT2D eigenvalue weighted by molar-refractivity contribution is -0.225. The zero-order valence-electron chi connectivity index (χ0n) is 9.53. The summed E-state index contributed by atoms with van der Waals surface area (Å²) in [6.45, 7) is 1.03. The van der Waals surface area contributed by atoms with Crippen molar-refractivity contribution in [2.75, 3.05) is 26.8 Å². The van der Waals surface area contributed by atoms with Gasteiger partial charge in [-0.2, -0.15) is 26.3 Å². The van der Waals surface area contributed by atoms with Crippen LogP contribution in [-0.4, -0.2) is 50.1 Å². The summed E-state index contributed by atoms with van der Waals surface area (Å²) in [4.78, 5) is 0.719. The zero-order valence-corrected chi connectivity index (χ0v) is 9.53. The number of hydrogen-bond donors (Lipinski definition) is 0. The third-order valence-electron chi connectivity index (χ3n) is 2.23. The molecule has 1 unspecified atom stereocenters. The van der Waals surface area contributed by atoms with Crippen LogP contribution < -0.4 is 0 Å². The second-order valence-electron chi connectivity index (χ2n) is 3.50. The molecule has 0 saturated carbocycles. The van der Waals surface area contributed by atoms with Crippen molar-refractivity contribution in [3.8, 4) is 0 Å². The Morgan fingerprint density at radius 3 is 1.94 bits per heavy atom. The minimum absolute atomic E-state index is 0.0434. The molecule has 2 nitrogen and oxygen atoms in total. The lowest BCUT2D eigenvalue weighted by Gasteiger charge is -2.32. The second kappa shape index (κ2) is 6.44. The van der Waals surface area contributed by atoms with Crippen LogP contribution in [0.3, 0.4) is 0 Å². The maximum atomic E-state index is 12.5. The third kappa shape index (κ3) is 6.72. The first-order valence-electron chi connectivity index (χ1n) is 4.98. The number of ether oxygens (including phenoxy) is 1. The summed E-state index contributed by atoms with van der Waals surface area (Å²) in [6, 6.07) is -2.51. The van der Waals surface area contributed by atoms with Crippen molar-refractivity contribution in [3.63, 3.8) is 0 Å². The van der Waals surface area contributed by atoms with Crippen molar-refractivity contribution in [1.29, 1.82) is 0 Å². The van der Waals surface area contributed by atoms with Gasteiger partial charge in [0.1, 0.15) is 6.04 Å². The van der Waals surface area contributed by atoms with Crippen molar-refractivity contribution < 1.29 is 31.1 Å². The molecule has 0 heterocycles. The molecule has 0 aliphatic rings. The molecular formula is C9H15F6NO. The fourth-order valence-electron chi connectivity index (χ4n) is 1.41. The van der Waals surface area contributed by atoms with Crippen LogP contribution in [0, 0.1) is 0 Å². The topological polar surface area (TPSA) is 12.5 Å². The molecule has 0 aromatic carbocycles. The summed E-state index contributed by atoms with van der Waals surface area (Å²) in [6.07, 6.45) is -11.6. The maximum absolute atomic E-state index is 12.5. The van der Waals surface area contributed by atoms with E-state index in [1.807, 2.05) is 0 Å². The molecule has 8 heteroatoms. The Kier molecular flexibility index (Phi) is 6.25. The van der Waals surface area contributed by atoms with E-state index in [0.29, 0.717) is 0 Å².